The van der Waals surface area contributed by atoms with Gasteiger partial charge in [-0.3, -0.25) is 0 Å². The third-order valence-electron chi connectivity index (χ3n) is 3.19. The van der Waals surface area contributed by atoms with Crippen molar-refractivity contribution in [2.75, 3.05) is 5.32 Å². The maximum absolute atomic E-state index is 11.2. The minimum atomic E-state index is -0.174. The van der Waals surface area contributed by atoms with Crippen LogP contribution in [-0.4, -0.2) is 14.5 Å². The topological polar surface area (TPSA) is 65.6 Å². The van der Waals surface area contributed by atoms with E-state index in [1.54, 1.807) is 0 Å². The first-order valence-corrected chi connectivity index (χ1v) is 6.35. The van der Waals surface area contributed by atoms with Crippen LogP contribution in [0.15, 0.2) is 41.5 Å². The summed E-state index contributed by atoms with van der Waals surface area (Å²) in [6.45, 7) is 3.87. The quantitative estimate of drug-likeness (QED) is 0.670. The van der Waals surface area contributed by atoms with Crippen LogP contribution in [-0.2, 0) is 13.1 Å². The van der Waals surface area contributed by atoms with Gasteiger partial charge in [-0.15, -0.1) is 0 Å². The maximum Gasteiger partial charge on any atom is 0.323 e. The molecule has 0 saturated carbocycles. The first kappa shape index (κ1) is 11.6. The second kappa shape index (κ2) is 4.68. The zero-order valence-electron chi connectivity index (χ0n) is 10.7. The average Bonchev–Trinajstić information content (AvgIpc) is 3.00. The molecular formula is C14H16N4O. The molecule has 2 heterocycles. The largest absolute Gasteiger partial charge is 0.381 e. The summed E-state index contributed by atoms with van der Waals surface area (Å²) in [7, 11) is 0. The molecule has 2 aromatic heterocycles. The van der Waals surface area contributed by atoms with E-state index in [0.717, 1.165) is 29.8 Å². The number of anilines is 1. The predicted molar refractivity (Wildman–Crippen MR) is 76.4 cm³/mol. The minimum Gasteiger partial charge on any atom is -0.381 e. The van der Waals surface area contributed by atoms with Gasteiger partial charge in [-0.25, -0.2) is 4.79 Å². The molecule has 3 N–H and O–H groups in total. The van der Waals surface area contributed by atoms with Gasteiger partial charge in [0.25, 0.3) is 0 Å². The van der Waals surface area contributed by atoms with Crippen molar-refractivity contribution in [1.82, 2.24) is 14.5 Å². The minimum absolute atomic E-state index is 0.174. The molecule has 19 heavy (non-hydrogen) atoms. The van der Waals surface area contributed by atoms with Gasteiger partial charge < -0.3 is 19.9 Å². The second-order valence-electron chi connectivity index (χ2n) is 4.54. The Morgan fingerprint density at radius 2 is 2.05 bits per heavy atom. The lowest BCUT2D eigenvalue weighted by atomic mass is 10.2. The van der Waals surface area contributed by atoms with Gasteiger partial charge in [0.05, 0.1) is 11.0 Å². The van der Waals surface area contributed by atoms with Crippen LogP contribution in [0.4, 0.5) is 5.69 Å². The van der Waals surface area contributed by atoms with Gasteiger partial charge in [-0.2, -0.15) is 0 Å². The summed E-state index contributed by atoms with van der Waals surface area (Å²) in [6, 6.07) is 7.90. The molecule has 0 aliphatic heterocycles. The fourth-order valence-electron chi connectivity index (χ4n) is 2.14. The highest BCUT2D eigenvalue weighted by molar-refractivity contribution is 5.78. The molecule has 1 aromatic carbocycles. The van der Waals surface area contributed by atoms with Crippen molar-refractivity contribution >= 4 is 16.7 Å². The van der Waals surface area contributed by atoms with Crippen LogP contribution < -0.4 is 11.0 Å². The van der Waals surface area contributed by atoms with E-state index in [1.165, 1.54) is 5.56 Å². The Kier molecular flexibility index (Phi) is 2.87. The van der Waals surface area contributed by atoms with Crippen LogP contribution >= 0.6 is 0 Å². The molecule has 0 unspecified atom stereocenters. The molecular weight excluding hydrogens is 240 g/mol. The fourth-order valence-corrected chi connectivity index (χ4v) is 2.14. The van der Waals surface area contributed by atoms with Crippen molar-refractivity contribution < 1.29 is 0 Å². The van der Waals surface area contributed by atoms with Gasteiger partial charge in [-0.1, -0.05) is 0 Å². The molecule has 0 spiro atoms. The number of imidazole rings is 1. The molecule has 0 fully saturated rings. The molecule has 0 atom stereocenters. The van der Waals surface area contributed by atoms with Crippen LogP contribution in [0.3, 0.4) is 0 Å². The Morgan fingerprint density at radius 3 is 2.84 bits per heavy atom. The SMILES string of the molecule is CCn1ccc(CNc2ccc3[nH]c(=O)[nH]c3c2)c1. The highest BCUT2D eigenvalue weighted by Gasteiger charge is 2.00. The van der Waals surface area contributed by atoms with Crippen molar-refractivity contribution in [1.29, 1.82) is 0 Å². The number of nitrogens with zero attached hydrogens (tertiary/aromatic N) is 1. The molecule has 0 radical (unpaired) electrons. The number of aromatic amines is 2. The van der Waals surface area contributed by atoms with Crippen molar-refractivity contribution in [2.45, 2.75) is 20.0 Å². The van der Waals surface area contributed by atoms with E-state index in [1.807, 2.05) is 18.2 Å². The van der Waals surface area contributed by atoms with Crippen LogP contribution in [0, 0.1) is 0 Å². The van der Waals surface area contributed by atoms with Crippen molar-refractivity contribution in [3.05, 3.63) is 52.7 Å². The van der Waals surface area contributed by atoms with E-state index in [4.69, 9.17) is 0 Å². The summed E-state index contributed by atoms with van der Waals surface area (Å²) in [5.74, 6) is 0. The van der Waals surface area contributed by atoms with Gasteiger partial charge >= 0.3 is 5.69 Å². The summed E-state index contributed by atoms with van der Waals surface area (Å²) in [6.07, 6.45) is 4.20. The van der Waals surface area contributed by atoms with Crippen LogP contribution in [0.5, 0.6) is 0 Å². The third kappa shape index (κ3) is 2.40. The summed E-state index contributed by atoms with van der Waals surface area (Å²) in [5.41, 5.74) is 3.71. The lowest BCUT2D eigenvalue weighted by Crippen LogP contribution is -1.99. The molecule has 3 aromatic rings. The van der Waals surface area contributed by atoms with Gasteiger partial charge in [0.15, 0.2) is 0 Å². The van der Waals surface area contributed by atoms with E-state index >= 15 is 0 Å². The average molecular weight is 256 g/mol. The van der Waals surface area contributed by atoms with E-state index in [2.05, 4.69) is 45.2 Å². The number of benzene rings is 1. The zero-order chi connectivity index (χ0) is 13.2. The van der Waals surface area contributed by atoms with Gasteiger partial charge in [0.2, 0.25) is 0 Å². The predicted octanol–water partition coefficient (Wildman–Crippen LogP) is 2.29. The Morgan fingerprint density at radius 1 is 1.21 bits per heavy atom. The monoisotopic (exact) mass is 256 g/mol. The Hall–Kier alpha value is -2.43. The van der Waals surface area contributed by atoms with E-state index in [9.17, 15) is 4.79 Å². The standard InChI is InChI=1S/C14H16N4O/c1-2-18-6-5-10(9-18)8-15-11-3-4-12-13(7-11)17-14(19)16-12/h3-7,9,15H,2,8H2,1H3,(H2,16,17,19). The number of nitrogens with one attached hydrogen (secondary N) is 3. The summed E-state index contributed by atoms with van der Waals surface area (Å²) < 4.78 is 2.14. The number of aromatic nitrogens is 3. The number of hydrogen-bond donors (Lipinski definition) is 3. The molecule has 98 valence electrons. The lowest BCUT2D eigenvalue weighted by molar-refractivity contribution is 0.766. The second-order valence-corrected chi connectivity index (χ2v) is 4.54. The third-order valence-corrected chi connectivity index (χ3v) is 3.19. The van der Waals surface area contributed by atoms with Crippen LogP contribution in [0.2, 0.25) is 0 Å². The molecule has 0 aliphatic rings. The summed E-state index contributed by atoms with van der Waals surface area (Å²) in [5, 5.41) is 3.35. The highest BCUT2D eigenvalue weighted by Crippen LogP contribution is 2.15. The summed E-state index contributed by atoms with van der Waals surface area (Å²) >= 11 is 0. The van der Waals surface area contributed by atoms with E-state index < -0.39 is 0 Å². The van der Waals surface area contributed by atoms with Gasteiger partial charge in [-0.05, 0) is 36.8 Å². The maximum atomic E-state index is 11.2. The molecule has 5 heteroatoms. The van der Waals surface area contributed by atoms with E-state index in [0.29, 0.717) is 0 Å². The molecule has 0 amide bonds. The first-order chi connectivity index (χ1) is 9.24. The number of rotatable bonds is 4. The van der Waals surface area contributed by atoms with Crippen molar-refractivity contribution in [2.24, 2.45) is 0 Å². The van der Waals surface area contributed by atoms with Gasteiger partial charge in [0.1, 0.15) is 0 Å². The number of aryl methyl sites for hydroxylation is 1. The number of H-pyrrole nitrogens is 2. The Labute approximate surface area is 110 Å². The normalized spacial score (nSPS) is 11.0. The number of hydrogen-bond acceptors (Lipinski definition) is 2. The summed E-state index contributed by atoms with van der Waals surface area (Å²) in [4.78, 5) is 16.7. The van der Waals surface area contributed by atoms with Crippen molar-refractivity contribution in [3.8, 4) is 0 Å². The zero-order valence-corrected chi connectivity index (χ0v) is 10.7. The number of fused-ring (bicyclic) bond motifs is 1. The molecule has 0 bridgehead atoms. The first-order valence-electron chi connectivity index (χ1n) is 6.35. The molecule has 3 rings (SSSR count). The fraction of sp³-hybridized carbons (Fsp3) is 0.214. The lowest BCUT2D eigenvalue weighted by Gasteiger charge is -2.04. The molecule has 0 saturated heterocycles. The Balaban J connectivity index is 1.75. The smallest absolute Gasteiger partial charge is 0.323 e. The highest BCUT2D eigenvalue weighted by atomic mass is 16.1. The molecule has 0 aliphatic carbocycles. The van der Waals surface area contributed by atoms with Crippen molar-refractivity contribution in [3.63, 3.8) is 0 Å². The molecule has 5 nitrogen and oxygen atoms in total. The van der Waals surface area contributed by atoms with E-state index in [-0.39, 0.29) is 5.69 Å². The van der Waals surface area contributed by atoms with Crippen LogP contribution in [0.1, 0.15) is 12.5 Å². The van der Waals surface area contributed by atoms with Crippen LogP contribution in [0.25, 0.3) is 11.0 Å². The Bertz CT molecular complexity index is 750. The van der Waals surface area contributed by atoms with Gasteiger partial charge in [0, 0.05) is 31.2 Å².